The first-order valence-corrected chi connectivity index (χ1v) is 7.57. The van der Waals surface area contributed by atoms with E-state index in [4.69, 9.17) is 14.6 Å². The number of ether oxygens (including phenoxy) is 2. The Balaban J connectivity index is 2.54. The van der Waals surface area contributed by atoms with E-state index in [0.29, 0.717) is 23.6 Å². The summed E-state index contributed by atoms with van der Waals surface area (Å²) >= 11 is 1.70. The minimum atomic E-state index is -0.206. The molecule has 0 bridgehead atoms. The highest BCUT2D eigenvalue weighted by Crippen LogP contribution is 2.27. The molecule has 20 heavy (non-hydrogen) atoms. The van der Waals surface area contributed by atoms with Crippen molar-refractivity contribution in [3.63, 3.8) is 0 Å². The number of aliphatic hydroxyl groups excluding tert-OH is 1. The molecule has 0 aliphatic rings. The molecule has 6 heteroatoms. The number of carbonyl (C=O) groups is 1. The van der Waals surface area contributed by atoms with Gasteiger partial charge in [-0.3, -0.25) is 4.79 Å². The molecule has 1 aromatic rings. The summed E-state index contributed by atoms with van der Waals surface area (Å²) in [6.45, 7) is 0.772. The molecule has 0 atom stereocenters. The van der Waals surface area contributed by atoms with E-state index in [9.17, 15) is 4.79 Å². The first-order valence-electron chi connectivity index (χ1n) is 6.42. The molecule has 0 radical (unpaired) electrons. The number of hydrogen-bond donors (Lipinski definition) is 2. The number of aliphatic hydroxyl groups is 1. The van der Waals surface area contributed by atoms with Crippen molar-refractivity contribution < 1.29 is 19.4 Å². The third-order valence-corrected chi connectivity index (χ3v) is 3.70. The highest BCUT2D eigenvalue weighted by atomic mass is 32.2. The highest BCUT2D eigenvalue weighted by molar-refractivity contribution is 7.99. The predicted octanol–water partition coefficient (Wildman–Crippen LogP) is 1.55. The van der Waals surface area contributed by atoms with Gasteiger partial charge in [-0.05, 0) is 24.3 Å². The van der Waals surface area contributed by atoms with Crippen LogP contribution in [0.5, 0.6) is 11.5 Å². The fourth-order valence-electron chi connectivity index (χ4n) is 1.67. The van der Waals surface area contributed by atoms with E-state index in [1.807, 2.05) is 0 Å². The van der Waals surface area contributed by atoms with Crippen molar-refractivity contribution in [1.29, 1.82) is 0 Å². The lowest BCUT2D eigenvalue weighted by Gasteiger charge is -2.12. The van der Waals surface area contributed by atoms with Crippen LogP contribution >= 0.6 is 11.8 Å². The van der Waals surface area contributed by atoms with Crippen molar-refractivity contribution >= 4 is 17.7 Å². The van der Waals surface area contributed by atoms with Gasteiger partial charge in [0.05, 0.1) is 14.2 Å². The smallest absolute Gasteiger partial charge is 0.258 e. The van der Waals surface area contributed by atoms with Gasteiger partial charge in [0.15, 0.2) is 0 Å². The van der Waals surface area contributed by atoms with Gasteiger partial charge in [0.1, 0.15) is 17.1 Å². The van der Waals surface area contributed by atoms with Crippen LogP contribution in [0, 0.1) is 0 Å². The molecule has 0 saturated carbocycles. The molecule has 1 aromatic carbocycles. The molecular weight excluding hydrogens is 278 g/mol. The summed E-state index contributed by atoms with van der Waals surface area (Å²) in [7, 11) is 3.05. The molecule has 1 rings (SSSR count). The number of benzene rings is 1. The molecule has 0 aromatic heterocycles. The molecule has 1 amide bonds. The first kappa shape index (κ1) is 16.7. The number of hydrogen-bond acceptors (Lipinski definition) is 5. The number of thioether (sulfide) groups is 1. The zero-order valence-electron chi connectivity index (χ0n) is 11.8. The lowest BCUT2D eigenvalue weighted by Crippen LogP contribution is -2.26. The van der Waals surface area contributed by atoms with Gasteiger partial charge in [-0.1, -0.05) is 6.07 Å². The summed E-state index contributed by atoms with van der Waals surface area (Å²) in [6, 6.07) is 5.24. The zero-order valence-corrected chi connectivity index (χ0v) is 12.7. The van der Waals surface area contributed by atoms with Crippen LogP contribution in [0.3, 0.4) is 0 Å². The van der Waals surface area contributed by atoms with Crippen LogP contribution in [-0.2, 0) is 0 Å². The maximum atomic E-state index is 12.2. The second-order valence-corrected chi connectivity index (χ2v) is 5.21. The largest absolute Gasteiger partial charge is 0.496 e. The molecule has 0 heterocycles. The van der Waals surface area contributed by atoms with Gasteiger partial charge in [0.25, 0.3) is 5.91 Å². The fraction of sp³-hybridized carbons (Fsp3) is 0.500. The van der Waals surface area contributed by atoms with Crippen LogP contribution < -0.4 is 14.8 Å². The Morgan fingerprint density at radius 1 is 1.25 bits per heavy atom. The van der Waals surface area contributed by atoms with Crippen molar-refractivity contribution in [1.82, 2.24) is 5.32 Å². The SMILES string of the molecule is COc1cccc(OC)c1C(=O)NCCSCCCO. The summed E-state index contributed by atoms with van der Waals surface area (Å²) in [5, 5.41) is 11.5. The van der Waals surface area contributed by atoms with Gasteiger partial charge in [0.2, 0.25) is 0 Å². The van der Waals surface area contributed by atoms with Crippen molar-refractivity contribution in [2.45, 2.75) is 6.42 Å². The normalized spacial score (nSPS) is 10.2. The Labute approximate surface area is 123 Å². The standard InChI is InChI=1S/C14H21NO4S/c1-18-11-5-3-6-12(19-2)13(11)14(17)15-7-10-20-9-4-8-16/h3,5-6,16H,4,7-10H2,1-2H3,(H,15,17). The Morgan fingerprint density at radius 3 is 2.45 bits per heavy atom. The number of nitrogens with one attached hydrogen (secondary N) is 1. The molecule has 0 fully saturated rings. The summed E-state index contributed by atoms with van der Waals surface area (Å²) in [4.78, 5) is 12.2. The Kier molecular flexibility index (Phi) is 7.91. The van der Waals surface area contributed by atoms with Gasteiger partial charge in [0, 0.05) is 18.9 Å². The lowest BCUT2D eigenvalue weighted by molar-refractivity contribution is 0.0950. The van der Waals surface area contributed by atoms with Crippen molar-refractivity contribution in [2.75, 3.05) is 38.9 Å². The summed E-state index contributed by atoms with van der Waals surface area (Å²) in [5.74, 6) is 2.49. The van der Waals surface area contributed by atoms with Crippen LogP contribution in [0.1, 0.15) is 16.8 Å². The number of carbonyl (C=O) groups excluding carboxylic acids is 1. The molecule has 0 spiro atoms. The van der Waals surface area contributed by atoms with Gasteiger partial charge >= 0.3 is 0 Å². The highest BCUT2D eigenvalue weighted by Gasteiger charge is 2.17. The van der Waals surface area contributed by atoms with E-state index in [-0.39, 0.29) is 12.5 Å². The van der Waals surface area contributed by atoms with E-state index in [0.717, 1.165) is 17.9 Å². The number of amides is 1. The molecule has 0 saturated heterocycles. The van der Waals surface area contributed by atoms with Gasteiger partial charge in [-0.15, -0.1) is 0 Å². The van der Waals surface area contributed by atoms with Crippen LogP contribution in [0.15, 0.2) is 18.2 Å². The van der Waals surface area contributed by atoms with Crippen LogP contribution in [0.4, 0.5) is 0 Å². The molecule has 2 N–H and O–H groups in total. The quantitative estimate of drug-likeness (QED) is 0.677. The first-order chi connectivity index (χ1) is 9.74. The summed E-state index contributed by atoms with van der Waals surface area (Å²) < 4.78 is 10.4. The Morgan fingerprint density at radius 2 is 1.90 bits per heavy atom. The van der Waals surface area contributed by atoms with Gasteiger partial charge < -0.3 is 19.9 Å². The molecule has 5 nitrogen and oxygen atoms in total. The molecule has 0 aliphatic carbocycles. The minimum Gasteiger partial charge on any atom is -0.496 e. The average Bonchev–Trinajstić information content (AvgIpc) is 2.49. The third-order valence-electron chi connectivity index (χ3n) is 2.63. The van der Waals surface area contributed by atoms with E-state index >= 15 is 0 Å². The fourth-order valence-corrected chi connectivity index (χ4v) is 2.45. The molecule has 0 unspecified atom stereocenters. The summed E-state index contributed by atoms with van der Waals surface area (Å²) in [6.07, 6.45) is 0.777. The maximum absolute atomic E-state index is 12.2. The maximum Gasteiger partial charge on any atom is 0.258 e. The van der Waals surface area contributed by atoms with Crippen LogP contribution in [0.25, 0.3) is 0 Å². The van der Waals surface area contributed by atoms with Crippen molar-refractivity contribution in [3.05, 3.63) is 23.8 Å². The summed E-state index contributed by atoms with van der Waals surface area (Å²) in [5.41, 5.74) is 0.415. The second-order valence-electron chi connectivity index (χ2n) is 3.98. The van der Waals surface area contributed by atoms with E-state index in [2.05, 4.69) is 5.32 Å². The van der Waals surface area contributed by atoms with Crippen molar-refractivity contribution in [3.8, 4) is 11.5 Å². The average molecular weight is 299 g/mol. The zero-order chi connectivity index (χ0) is 14.8. The minimum absolute atomic E-state index is 0.206. The van der Waals surface area contributed by atoms with E-state index in [1.54, 1.807) is 30.0 Å². The van der Waals surface area contributed by atoms with Crippen LogP contribution in [0.2, 0.25) is 0 Å². The van der Waals surface area contributed by atoms with Gasteiger partial charge in [-0.25, -0.2) is 0 Å². The monoisotopic (exact) mass is 299 g/mol. The van der Waals surface area contributed by atoms with E-state index < -0.39 is 0 Å². The van der Waals surface area contributed by atoms with E-state index in [1.165, 1.54) is 14.2 Å². The molecule has 0 aliphatic heterocycles. The number of methoxy groups -OCH3 is 2. The second kappa shape index (κ2) is 9.50. The molecule has 112 valence electrons. The Hall–Kier alpha value is -1.40. The predicted molar refractivity (Wildman–Crippen MR) is 80.9 cm³/mol. The van der Waals surface area contributed by atoms with Crippen molar-refractivity contribution in [2.24, 2.45) is 0 Å². The Bertz CT molecular complexity index is 403. The topological polar surface area (TPSA) is 67.8 Å². The van der Waals surface area contributed by atoms with Crippen LogP contribution in [-0.4, -0.2) is 49.9 Å². The number of rotatable bonds is 9. The molecular formula is C14H21NO4S. The third kappa shape index (κ3) is 4.94. The van der Waals surface area contributed by atoms with Gasteiger partial charge in [-0.2, -0.15) is 11.8 Å². The lowest BCUT2D eigenvalue weighted by atomic mass is 10.1.